The lowest BCUT2D eigenvalue weighted by Crippen LogP contribution is -2.66. The molecule has 0 amide bonds. The average molecular weight is 753 g/mol. The summed E-state index contributed by atoms with van der Waals surface area (Å²) in [6.07, 6.45) is -12.1. The molecular formula is C40H48O14. The predicted octanol–water partition coefficient (Wildman–Crippen LogP) is 3.64. The Balaban J connectivity index is 1.50. The second kappa shape index (κ2) is 20.4. The van der Waals surface area contributed by atoms with Gasteiger partial charge in [-0.3, -0.25) is 14.4 Å². The van der Waals surface area contributed by atoms with Gasteiger partial charge < -0.3 is 52.5 Å². The number of aliphatic hydroxyl groups excluding tert-OH is 1. The lowest BCUT2D eigenvalue weighted by molar-refractivity contribution is -0.368. The fourth-order valence-electron chi connectivity index (χ4n) is 6.29. The van der Waals surface area contributed by atoms with Crippen LogP contribution in [0.15, 0.2) is 91.0 Å². The van der Waals surface area contributed by atoms with Crippen LogP contribution in [-0.4, -0.2) is 105 Å². The molecule has 0 bridgehead atoms. The summed E-state index contributed by atoms with van der Waals surface area (Å²) in [5.41, 5.74) is 2.67. The largest absolute Gasteiger partial charge is 0.463 e. The van der Waals surface area contributed by atoms with E-state index < -0.39 is 85.9 Å². The van der Waals surface area contributed by atoms with Gasteiger partial charge in [0.1, 0.15) is 43.2 Å². The van der Waals surface area contributed by atoms with Crippen molar-refractivity contribution in [2.75, 3.05) is 20.3 Å². The van der Waals surface area contributed by atoms with Gasteiger partial charge in [0, 0.05) is 27.9 Å². The molecule has 14 nitrogen and oxygen atoms in total. The van der Waals surface area contributed by atoms with E-state index in [9.17, 15) is 19.5 Å². The molecule has 14 heteroatoms. The third-order valence-corrected chi connectivity index (χ3v) is 8.75. The van der Waals surface area contributed by atoms with Crippen molar-refractivity contribution in [3.8, 4) is 0 Å². The van der Waals surface area contributed by atoms with Gasteiger partial charge in [0.05, 0.1) is 26.4 Å². The van der Waals surface area contributed by atoms with E-state index in [-0.39, 0.29) is 26.4 Å². The van der Waals surface area contributed by atoms with E-state index in [1.54, 1.807) is 0 Å². The van der Waals surface area contributed by atoms with Crippen molar-refractivity contribution in [1.82, 2.24) is 0 Å². The van der Waals surface area contributed by atoms with E-state index in [1.807, 2.05) is 91.0 Å². The molecule has 3 aromatic rings. The first-order valence-electron chi connectivity index (χ1n) is 17.7. The first kappa shape index (κ1) is 40.9. The topological polar surface area (TPSA) is 164 Å². The zero-order chi connectivity index (χ0) is 38.5. The summed E-state index contributed by atoms with van der Waals surface area (Å²) in [7, 11) is 1.47. The molecule has 2 aliphatic heterocycles. The molecule has 54 heavy (non-hydrogen) atoms. The normalized spacial score (nSPS) is 28.2. The Morgan fingerprint density at radius 1 is 0.574 bits per heavy atom. The number of aliphatic hydroxyl groups is 1. The lowest BCUT2D eigenvalue weighted by atomic mass is 9.96. The van der Waals surface area contributed by atoms with Crippen LogP contribution in [0.3, 0.4) is 0 Å². The summed E-state index contributed by atoms with van der Waals surface area (Å²) in [6.45, 7) is 3.69. The quantitative estimate of drug-likeness (QED) is 0.157. The minimum Gasteiger partial charge on any atom is -0.463 e. The lowest BCUT2D eigenvalue weighted by Gasteiger charge is -2.49. The van der Waals surface area contributed by atoms with Crippen LogP contribution in [0.4, 0.5) is 0 Å². The van der Waals surface area contributed by atoms with Crippen molar-refractivity contribution in [3.05, 3.63) is 108 Å². The van der Waals surface area contributed by atoms with Gasteiger partial charge >= 0.3 is 17.9 Å². The minimum absolute atomic E-state index is 0.0488. The molecule has 2 saturated heterocycles. The van der Waals surface area contributed by atoms with Gasteiger partial charge in [-0.25, -0.2) is 0 Å². The SMILES string of the molecule is CO[C@H]1O[C@H](COCc2ccccc2)[C@@H](OCc2ccccc2)[C@H](O[C@H]2O[C@H](COC(C)=O)[C@H](OC(C)=O)[C@H](OC(C)=O)[C@H]2O)[C@H]1OCc1ccccc1. The Bertz CT molecular complexity index is 1590. The van der Waals surface area contributed by atoms with Gasteiger partial charge in [0.25, 0.3) is 0 Å². The molecule has 3 aromatic carbocycles. The molecule has 0 aromatic heterocycles. The van der Waals surface area contributed by atoms with Crippen molar-refractivity contribution in [3.63, 3.8) is 0 Å². The summed E-state index contributed by atoms with van der Waals surface area (Å²) in [4.78, 5) is 36.3. The van der Waals surface area contributed by atoms with E-state index in [2.05, 4.69) is 0 Å². The van der Waals surface area contributed by atoms with Gasteiger partial charge in [-0.2, -0.15) is 0 Å². The second-order valence-electron chi connectivity index (χ2n) is 12.9. The smallest absolute Gasteiger partial charge is 0.303 e. The van der Waals surface area contributed by atoms with Gasteiger partial charge in [0.2, 0.25) is 0 Å². The first-order valence-corrected chi connectivity index (χ1v) is 17.7. The van der Waals surface area contributed by atoms with Crippen LogP contribution in [0.5, 0.6) is 0 Å². The van der Waals surface area contributed by atoms with E-state index >= 15 is 0 Å². The number of carbonyl (C=O) groups excluding carboxylic acids is 3. The van der Waals surface area contributed by atoms with Crippen LogP contribution in [-0.2, 0) is 81.6 Å². The van der Waals surface area contributed by atoms with Gasteiger partial charge in [0.15, 0.2) is 24.8 Å². The third-order valence-electron chi connectivity index (χ3n) is 8.75. The Morgan fingerprint density at radius 2 is 1.06 bits per heavy atom. The Morgan fingerprint density at radius 3 is 1.57 bits per heavy atom. The van der Waals surface area contributed by atoms with E-state index in [0.29, 0.717) is 0 Å². The number of esters is 3. The molecule has 0 radical (unpaired) electrons. The van der Waals surface area contributed by atoms with E-state index in [0.717, 1.165) is 30.5 Å². The highest BCUT2D eigenvalue weighted by atomic mass is 16.8. The first-order chi connectivity index (χ1) is 26.1. The summed E-state index contributed by atoms with van der Waals surface area (Å²) in [5.74, 6) is -2.14. The van der Waals surface area contributed by atoms with Crippen molar-refractivity contribution in [2.45, 2.75) is 102 Å². The van der Waals surface area contributed by atoms with Crippen molar-refractivity contribution in [2.24, 2.45) is 0 Å². The Kier molecular flexibility index (Phi) is 15.5. The highest BCUT2D eigenvalue weighted by Gasteiger charge is 2.55. The molecule has 1 N–H and O–H groups in total. The molecule has 2 fully saturated rings. The molecule has 5 rings (SSSR count). The van der Waals surface area contributed by atoms with Crippen LogP contribution in [0.2, 0.25) is 0 Å². The van der Waals surface area contributed by atoms with Crippen LogP contribution in [0.1, 0.15) is 37.5 Å². The number of carbonyl (C=O) groups is 3. The molecule has 2 heterocycles. The molecule has 0 spiro atoms. The number of rotatable bonds is 17. The molecule has 10 atom stereocenters. The number of benzene rings is 3. The predicted molar refractivity (Wildman–Crippen MR) is 189 cm³/mol. The van der Waals surface area contributed by atoms with Crippen molar-refractivity contribution in [1.29, 1.82) is 0 Å². The van der Waals surface area contributed by atoms with E-state index in [1.165, 1.54) is 14.0 Å². The standard InChI is InChI=1S/C40H48O14/c1-25(41)47-24-32-35(50-26(2)42)36(51-27(3)43)33(44)39(52-32)54-37-34(48-21-29-16-10-6-11-17-29)31(23-46-20-28-14-8-5-9-15-28)53-40(45-4)38(37)49-22-30-18-12-7-13-19-30/h5-19,31-40,44H,20-24H2,1-4H3/t31-,32-,33-,34-,35+,36-,37+,38-,39-,40+/m1/s1. The number of ether oxygens (including phenoxy) is 10. The molecule has 0 aliphatic carbocycles. The maximum Gasteiger partial charge on any atom is 0.303 e. The highest BCUT2D eigenvalue weighted by molar-refractivity contribution is 5.68. The van der Waals surface area contributed by atoms with Gasteiger partial charge in [-0.1, -0.05) is 91.0 Å². The third kappa shape index (κ3) is 11.6. The molecule has 0 unspecified atom stereocenters. The number of hydrogen-bond donors (Lipinski definition) is 1. The fourth-order valence-corrected chi connectivity index (χ4v) is 6.29. The number of hydrogen-bond acceptors (Lipinski definition) is 14. The summed E-state index contributed by atoms with van der Waals surface area (Å²) in [6, 6.07) is 28.6. The van der Waals surface area contributed by atoms with Gasteiger partial charge in [-0.15, -0.1) is 0 Å². The monoisotopic (exact) mass is 752 g/mol. The van der Waals surface area contributed by atoms with E-state index in [4.69, 9.17) is 47.4 Å². The maximum absolute atomic E-state index is 12.3. The summed E-state index contributed by atoms with van der Waals surface area (Å²) in [5, 5.41) is 11.7. The Labute approximate surface area is 314 Å². The van der Waals surface area contributed by atoms with Crippen LogP contribution >= 0.6 is 0 Å². The van der Waals surface area contributed by atoms with Crippen LogP contribution in [0.25, 0.3) is 0 Å². The minimum atomic E-state index is -1.70. The zero-order valence-corrected chi connectivity index (χ0v) is 30.7. The van der Waals surface area contributed by atoms with Crippen molar-refractivity contribution < 1.29 is 66.9 Å². The molecule has 2 aliphatic rings. The van der Waals surface area contributed by atoms with Crippen molar-refractivity contribution >= 4 is 17.9 Å². The summed E-state index contributed by atoms with van der Waals surface area (Å²) < 4.78 is 60.6. The van der Waals surface area contributed by atoms with Gasteiger partial charge in [-0.05, 0) is 16.7 Å². The Hall–Kier alpha value is -4.25. The maximum atomic E-state index is 12.3. The van der Waals surface area contributed by atoms with Crippen LogP contribution < -0.4 is 0 Å². The second-order valence-corrected chi connectivity index (χ2v) is 12.9. The zero-order valence-electron chi connectivity index (χ0n) is 30.7. The molecule has 0 saturated carbocycles. The average Bonchev–Trinajstić information content (AvgIpc) is 3.16. The molecule has 292 valence electrons. The summed E-state index contributed by atoms with van der Waals surface area (Å²) >= 11 is 0. The number of methoxy groups -OCH3 is 1. The molecular weight excluding hydrogens is 704 g/mol. The van der Waals surface area contributed by atoms with Crippen LogP contribution in [0, 0.1) is 0 Å². The highest BCUT2D eigenvalue weighted by Crippen LogP contribution is 2.35. The fraction of sp³-hybridized carbons (Fsp3) is 0.475.